The van der Waals surface area contributed by atoms with Crippen molar-refractivity contribution in [2.75, 3.05) is 20.3 Å². The van der Waals surface area contributed by atoms with Crippen molar-refractivity contribution in [2.45, 2.75) is 19.9 Å². The molecule has 0 spiro atoms. The molecule has 17 heavy (non-hydrogen) atoms. The molecular weight excluding hydrogens is 216 g/mol. The summed E-state index contributed by atoms with van der Waals surface area (Å²) in [4.78, 5) is 0. The molecule has 1 unspecified atom stereocenters. The molecule has 0 saturated carbocycles. The molecule has 0 heterocycles. The molecule has 4 nitrogen and oxygen atoms in total. The van der Waals surface area contributed by atoms with Gasteiger partial charge in [0, 0.05) is 0 Å². The standard InChI is InChI=1S/C13H18N2O2/c1-4-16-12-7-6-10(11(9-14)15-3)8-13(12)17-5-2/h6-8,11,15H,4-5H2,1-3H3. The minimum atomic E-state index is -0.329. The van der Waals surface area contributed by atoms with Gasteiger partial charge < -0.3 is 14.8 Å². The summed E-state index contributed by atoms with van der Waals surface area (Å²) in [5.41, 5.74) is 0.877. The first-order valence-corrected chi connectivity index (χ1v) is 5.73. The number of nitrogens with one attached hydrogen (secondary N) is 1. The Labute approximate surface area is 102 Å². The van der Waals surface area contributed by atoms with Gasteiger partial charge in [0.15, 0.2) is 11.5 Å². The van der Waals surface area contributed by atoms with Crippen molar-refractivity contribution in [1.82, 2.24) is 5.32 Å². The van der Waals surface area contributed by atoms with E-state index < -0.39 is 0 Å². The van der Waals surface area contributed by atoms with E-state index in [1.54, 1.807) is 7.05 Å². The van der Waals surface area contributed by atoms with Crippen molar-refractivity contribution in [1.29, 1.82) is 5.26 Å². The molecule has 92 valence electrons. The summed E-state index contributed by atoms with van der Waals surface area (Å²) in [6.45, 7) is 5.00. The van der Waals surface area contributed by atoms with Crippen molar-refractivity contribution in [3.63, 3.8) is 0 Å². The van der Waals surface area contributed by atoms with Crippen LogP contribution in [0.3, 0.4) is 0 Å². The Hall–Kier alpha value is -1.73. The Morgan fingerprint density at radius 2 is 1.88 bits per heavy atom. The van der Waals surface area contributed by atoms with Crippen LogP contribution < -0.4 is 14.8 Å². The zero-order valence-electron chi connectivity index (χ0n) is 10.5. The van der Waals surface area contributed by atoms with Gasteiger partial charge in [0.1, 0.15) is 6.04 Å². The zero-order chi connectivity index (χ0) is 12.7. The Bertz CT molecular complexity index is 399. The second kappa shape index (κ2) is 6.77. The lowest BCUT2D eigenvalue weighted by Gasteiger charge is -2.14. The first-order valence-electron chi connectivity index (χ1n) is 5.73. The Morgan fingerprint density at radius 3 is 2.41 bits per heavy atom. The van der Waals surface area contributed by atoms with Crippen LogP contribution in [0.4, 0.5) is 0 Å². The van der Waals surface area contributed by atoms with Crippen molar-refractivity contribution < 1.29 is 9.47 Å². The van der Waals surface area contributed by atoms with Gasteiger partial charge in [0.05, 0.1) is 19.3 Å². The average Bonchev–Trinajstić information content (AvgIpc) is 2.34. The van der Waals surface area contributed by atoms with Gasteiger partial charge in [-0.3, -0.25) is 0 Å². The lowest BCUT2D eigenvalue weighted by molar-refractivity contribution is 0.287. The van der Waals surface area contributed by atoms with Crippen molar-refractivity contribution in [3.05, 3.63) is 23.8 Å². The van der Waals surface area contributed by atoms with E-state index in [0.717, 1.165) is 5.56 Å². The highest BCUT2D eigenvalue weighted by Gasteiger charge is 2.12. The highest BCUT2D eigenvalue weighted by Crippen LogP contribution is 2.30. The number of nitriles is 1. The van der Waals surface area contributed by atoms with Crippen molar-refractivity contribution in [2.24, 2.45) is 0 Å². The maximum atomic E-state index is 8.99. The van der Waals surface area contributed by atoms with Crippen LogP contribution in [0.5, 0.6) is 11.5 Å². The molecule has 0 aliphatic rings. The number of hydrogen-bond donors (Lipinski definition) is 1. The normalized spacial score (nSPS) is 11.6. The zero-order valence-corrected chi connectivity index (χ0v) is 10.5. The molecule has 4 heteroatoms. The largest absolute Gasteiger partial charge is 0.490 e. The summed E-state index contributed by atoms with van der Waals surface area (Å²) in [6.07, 6.45) is 0. The minimum Gasteiger partial charge on any atom is -0.490 e. The highest BCUT2D eigenvalue weighted by atomic mass is 16.5. The third-order valence-electron chi connectivity index (χ3n) is 2.32. The Balaban J connectivity index is 3.04. The molecule has 0 saturated heterocycles. The van der Waals surface area contributed by atoms with E-state index in [2.05, 4.69) is 11.4 Å². The van der Waals surface area contributed by atoms with Crippen LogP contribution >= 0.6 is 0 Å². The molecule has 1 atom stereocenters. The molecule has 1 aromatic rings. The fourth-order valence-corrected chi connectivity index (χ4v) is 1.55. The van der Waals surface area contributed by atoms with Gasteiger partial charge in [0.2, 0.25) is 0 Å². The van der Waals surface area contributed by atoms with Crippen molar-refractivity contribution in [3.8, 4) is 17.6 Å². The summed E-state index contributed by atoms with van der Waals surface area (Å²) < 4.78 is 11.0. The molecule has 1 rings (SSSR count). The van der Waals surface area contributed by atoms with E-state index in [1.807, 2.05) is 32.0 Å². The maximum absolute atomic E-state index is 8.99. The van der Waals surface area contributed by atoms with Crippen LogP contribution in [-0.4, -0.2) is 20.3 Å². The van der Waals surface area contributed by atoms with Crippen LogP contribution in [0.25, 0.3) is 0 Å². The van der Waals surface area contributed by atoms with Crippen LogP contribution in [0, 0.1) is 11.3 Å². The highest BCUT2D eigenvalue weighted by molar-refractivity contribution is 5.44. The van der Waals surface area contributed by atoms with Crippen molar-refractivity contribution >= 4 is 0 Å². The van der Waals surface area contributed by atoms with E-state index in [1.165, 1.54) is 0 Å². The molecule has 1 N–H and O–H groups in total. The molecule has 0 fully saturated rings. The maximum Gasteiger partial charge on any atom is 0.161 e. The van der Waals surface area contributed by atoms with Gasteiger partial charge in [-0.25, -0.2) is 0 Å². The summed E-state index contributed by atoms with van der Waals surface area (Å²) in [6, 6.07) is 7.41. The Kier molecular flexibility index (Phi) is 5.31. The van der Waals surface area contributed by atoms with E-state index in [9.17, 15) is 0 Å². The summed E-state index contributed by atoms with van der Waals surface area (Å²) in [5, 5.41) is 11.9. The number of nitrogens with zero attached hydrogens (tertiary/aromatic N) is 1. The number of hydrogen-bond acceptors (Lipinski definition) is 4. The van der Waals surface area contributed by atoms with E-state index in [4.69, 9.17) is 14.7 Å². The van der Waals surface area contributed by atoms with Gasteiger partial charge in [-0.15, -0.1) is 0 Å². The van der Waals surface area contributed by atoms with Crippen LogP contribution in [-0.2, 0) is 0 Å². The van der Waals surface area contributed by atoms with E-state index in [-0.39, 0.29) is 6.04 Å². The second-order valence-electron chi connectivity index (χ2n) is 3.42. The smallest absolute Gasteiger partial charge is 0.161 e. The van der Waals surface area contributed by atoms with Gasteiger partial charge in [-0.2, -0.15) is 5.26 Å². The average molecular weight is 234 g/mol. The molecule has 1 aromatic carbocycles. The topological polar surface area (TPSA) is 54.3 Å². The summed E-state index contributed by atoms with van der Waals surface area (Å²) >= 11 is 0. The number of ether oxygens (including phenoxy) is 2. The first-order chi connectivity index (χ1) is 8.26. The molecule has 0 aliphatic heterocycles. The second-order valence-corrected chi connectivity index (χ2v) is 3.42. The molecular formula is C13H18N2O2. The first kappa shape index (κ1) is 13.3. The van der Waals surface area contributed by atoms with Gasteiger partial charge in [-0.05, 0) is 38.6 Å². The lowest BCUT2D eigenvalue weighted by Crippen LogP contribution is -2.14. The quantitative estimate of drug-likeness (QED) is 0.820. The Morgan fingerprint density at radius 1 is 1.24 bits per heavy atom. The SMILES string of the molecule is CCOc1ccc(C(C#N)NC)cc1OCC. The van der Waals surface area contributed by atoms with Gasteiger partial charge in [0.25, 0.3) is 0 Å². The van der Waals surface area contributed by atoms with E-state index >= 15 is 0 Å². The predicted molar refractivity (Wildman–Crippen MR) is 66.2 cm³/mol. The monoisotopic (exact) mass is 234 g/mol. The van der Waals surface area contributed by atoms with Crippen LogP contribution in [0.15, 0.2) is 18.2 Å². The molecule has 0 bridgehead atoms. The fraction of sp³-hybridized carbons (Fsp3) is 0.462. The number of rotatable bonds is 6. The minimum absolute atomic E-state index is 0.329. The molecule has 0 radical (unpaired) electrons. The summed E-state index contributed by atoms with van der Waals surface area (Å²) in [5.74, 6) is 1.40. The van der Waals surface area contributed by atoms with Gasteiger partial charge in [-0.1, -0.05) is 6.07 Å². The predicted octanol–water partition coefficient (Wildman–Crippen LogP) is 2.27. The van der Waals surface area contributed by atoms with Crippen LogP contribution in [0.2, 0.25) is 0 Å². The summed E-state index contributed by atoms with van der Waals surface area (Å²) in [7, 11) is 1.75. The fourth-order valence-electron chi connectivity index (χ4n) is 1.55. The van der Waals surface area contributed by atoms with E-state index in [0.29, 0.717) is 24.7 Å². The van der Waals surface area contributed by atoms with Gasteiger partial charge >= 0.3 is 0 Å². The molecule has 0 aliphatic carbocycles. The molecule has 0 aromatic heterocycles. The lowest BCUT2D eigenvalue weighted by atomic mass is 10.1. The molecule has 0 amide bonds. The van der Waals surface area contributed by atoms with Crippen LogP contribution in [0.1, 0.15) is 25.5 Å². The third-order valence-corrected chi connectivity index (χ3v) is 2.32. The number of benzene rings is 1. The third kappa shape index (κ3) is 3.36.